The Labute approximate surface area is 110 Å². The van der Waals surface area contributed by atoms with Gasteiger partial charge in [0.05, 0.1) is 10.4 Å². The van der Waals surface area contributed by atoms with Crippen molar-refractivity contribution >= 4 is 20.9 Å². The molecule has 0 aliphatic carbocycles. The largest absolute Gasteiger partial charge is 0.458 e. The van der Waals surface area contributed by atoms with Crippen LogP contribution in [0.25, 0.3) is 22.6 Å². The highest BCUT2D eigenvalue weighted by Crippen LogP contribution is 2.26. The van der Waals surface area contributed by atoms with Gasteiger partial charge in [-0.05, 0) is 31.2 Å². The van der Waals surface area contributed by atoms with E-state index in [0.29, 0.717) is 22.6 Å². The molecule has 1 aromatic carbocycles. The SMILES string of the molecule is Cc1ccc(-c2nc3c(S(C)(=O)=O)cccc3[nH]2)o1. The summed E-state index contributed by atoms with van der Waals surface area (Å²) in [5, 5.41) is 0. The molecule has 0 saturated heterocycles. The minimum atomic E-state index is -3.31. The van der Waals surface area contributed by atoms with Crippen LogP contribution in [0.4, 0.5) is 0 Å². The molecule has 0 radical (unpaired) electrons. The van der Waals surface area contributed by atoms with E-state index in [1.165, 1.54) is 6.26 Å². The van der Waals surface area contributed by atoms with Gasteiger partial charge in [-0.3, -0.25) is 0 Å². The molecule has 0 atom stereocenters. The van der Waals surface area contributed by atoms with Gasteiger partial charge in [-0.15, -0.1) is 0 Å². The van der Waals surface area contributed by atoms with E-state index in [0.717, 1.165) is 5.76 Å². The topological polar surface area (TPSA) is 76.0 Å². The number of hydrogen-bond donors (Lipinski definition) is 1. The van der Waals surface area contributed by atoms with Crippen LogP contribution in [0.3, 0.4) is 0 Å². The quantitative estimate of drug-likeness (QED) is 0.780. The molecular weight excluding hydrogens is 264 g/mol. The molecule has 2 heterocycles. The van der Waals surface area contributed by atoms with Gasteiger partial charge < -0.3 is 9.40 Å². The van der Waals surface area contributed by atoms with Crippen molar-refractivity contribution in [3.63, 3.8) is 0 Å². The molecule has 19 heavy (non-hydrogen) atoms. The first-order valence-electron chi connectivity index (χ1n) is 5.71. The fourth-order valence-corrected chi connectivity index (χ4v) is 2.82. The third-order valence-corrected chi connectivity index (χ3v) is 3.98. The summed E-state index contributed by atoms with van der Waals surface area (Å²) in [5.41, 5.74) is 1.11. The van der Waals surface area contributed by atoms with E-state index in [9.17, 15) is 8.42 Å². The summed E-state index contributed by atoms with van der Waals surface area (Å²) in [4.78, 5) is 7.62. The molecule has 0 amide bonds. The van der Waals surface area contributed by atoms with Crippen molar-refractivity contribution in [2.45, 2.75) is 11.8 Å². The lowest BCUT2D eigenvalue weighted by Crippen LogP contribution is -1.97. The lowest BCUT2D eigenvalue weighted by atomic mass is 10.3. The van der Waals surface area contributed by atoms with E-state index in [1.54, 1.807) is 24.3 Å². The highest BCUT2D eigenvalue weighted by Gasteiger charge is 2.16. The molecule has 0 unspecified atom stereocenters. The van der Waals surface area contributed by atoms with E-state index in [4.69, 9.17) is 4.42 Å². The molecular formula is C13H12N2O3S. The fraction of sp³-hybridized carbons (Fsp3) is 0.154. The van der Waals surface area contributed by atoms with Gasteiger partial charge in [-0.1, -0.05) is 6.07 Å². The average Bonchev–Trinajstić information content (AvgIpc) is 2.92. The zero-order valence-electron chi connectivity index (χ0n) is 10.5. The second-order valence-corrected chi connectivity index (χ2v) is 6.40. The van der Waals surface area contributed by atoms with Gasteiger partial charge in [-0.2, -0.15) is 0 Å². The number of benzene rings is 1. The standard InChI is InChI=1S/C13H12N2O3S/c1-8-6-7-10(18-8)13-14-9-4-3-5-11(12(9)15-13)19(2,16)17/h3-7H,1-2H3,(H,14,15). The van der Waals surface area contributed by atoms with Crippen LogP contribution in [0, 0.1) is 6.92 Å². The number of aryl methyl sites for hydroxylation is 1. The first-order chi connectivity index (χ1) is 8.95. The molecule has 0 saturated carbocycles. The fourth-order valence-electron chi connectivity index (χ4n) is 1.98. The van der Waals surface area contributed by atoms with Crippen LogP contribution in [0.1, 0.15) is 5.76 Å². The van der Waals surface area contributed by atoms with Crippen molar-refractivity contribution in [3.8, 4) is 11.6 Å². The lowest BCUT2D eigenvalue weighted by Gasteiger charge is -1.97. The number of para-hydroxylation sites is 1. The Bertz CT molecular complexity index is 859. The monoisotopic (exact) mass is 276 g/mol. The van der Waals surface area contributed by atoms with Gasteiger partial charge in [0.15, 0.2) is 21.4 Å². The van der Waals surface area contributed by atoms with Gasteiger partial charge in [0.25, 0.3) is 0 Å². The number of aromatic amines is 1. The molecule has 98 valence electrons. The number of sulfone groups is 1. The summed E-state index contributed by atoms with van der Waals surface area (Å²) in [6, 6.07) is 8.66. The normalized spacial score (nSPS) is 12.1. The Kier molecular flexibility index (Phi) is 2.50. The Balaban J connectivity index is 2.27. The smallest absolute Gasteiger partial charge is 0.177 e. The molecule has 6 heteroatoms. The number of hydrogen-bond acceptors (Lipinski definition) is 4. The summed E-state index contributed by atoms with van der Waals surface area (Å²) >= 11 is 0. The number of fused-ring (bicyclic) bond motifs is 1. The minimum absolute atomic E-state index is 0.218. The molecule has 0 aliphatic rings. The van der Waals surface area contributed by atoms with E-state index in [2.05, 4.69) is 9.97 Å². The Morgan fingerprint density at radius 3 is 2.63 bits per heavy atom. The minimum Gasteiger partial charge on any atom is -0.458 e. The maximum atomic E-state index is 11.7. The maximum Gasteiger partial charge on any atom is 0.177 e. The van der Waals surface area contributed by atoms with Crippen LogP contribution in [0.2, 0.25) is 0 Å². The molecule has 2 aromatic heterocycles. The molecule has 0 aliphatic heterocycles. The van der Waals surface area contributed by atoms with Crippen LogP contribution in [-0.4, -0.2) is 24.6 Å². The number of aromatic nitrogens is 2. The number of imidazole rings is 1. The highest BCUT2D eigenvalue weighted by atomic mass is 32.2. The van der Waals surface area contributed by atoms with Crippen molar-refractivity contribution in [1.82, 2.24) is 9.97 Å². The Morgan fingerprint density at radius 1 is 1.21 bits per heavy atom. The van der Waals surface area contributed by atoms with Crippen LogP contribution in [0.15, 0.2) is 39.6 Å². The first kappa shape index (κ1) is 12.0. The summed E-state index contributed by atoms with van der Waals surface area (Å²) in [7, 11) is -3.31. The predicted octanol–water partition coefficient (Wildman–Crippen LogP) is 2.53. The molecule has 0 fully saturated rings. The number of rotatable bonds is 2. The first-order valence-corrected chi connectivity index (χ1v) is 7.60. The number of nitrogens with zero attached hydrogens (tertiary/aromatic N) is 1. The summed E-state index contributed by atoms with van der Waals surface area (Å²) in [6.45, 7) is 1.84. The number of nitrogens with one attached hydrogen (secondary N) is 1. The van der Waals surface area contributed by atoms with E-state index >= 15 is 0 Å². The van der Waals surface area contributed by atoms with Gasteiger partial charge in [0.1, 0.15) is 11.3 Å². The van der Waals surface area contributed by atoms with Crippen molar-refractivity contribution in [2.75, 3.05) is 6.26 Å². The van der Waals surface area contributed by atoms with Gasteiger partial charge in [-0.25, -0.2) is 13.4 Å². The third kappa shape index (κ3) is 2.04. The zero-order chi connectivity index (χ0) is 13.6. The second kappa shape index (κ2) is 3.96. The zero-order valence-corrected chi connectivity index (χ0v) is 11.3. The Morgan fingerprint density at radius 2 is 2.00 bits per heavy atom. The van der Waals surface area contributed by atoms with Gasteiger partial charge in [0.2, 0.25) is 0 Å². The van der Waals surface area contributed by atoms with Crippen molar-refractivity contribution in [1.29, 1.82) is 0 Å². The van der Waals surface area contributed by atoms with E-state index in [-0.39, 0.29) is 4.90 Å². The molecule has 5 nitrogen and oxygen atoms in total. The third-order valence-electron chi connectivity index (χ3n) is 2.85. The van der Waals surface area contributed by atoms with E-state index in [1.807, 2.05) is 13.0 Å². The van der Waals surface area contributed by atoms with Crippen molar-refractivity contribution in [3.05, 3.63) is 36.1 Å². The van der Waals surface area contributed by atoms with Crippen molar-refractivity contribution in [2.24, 2.45) is 0 Å². The molecule has 1 N–H and O–H groups in total. The molecule has 3 rings (SSSR count). The summed E-state index contributed by atoms with van der Waals surface area (Å²) in [6.07, 6.45) is 1.17. The van der Waals surface area contributed by atoms with Crippen LogP contribution in [0.5, 0.6) is 0 Å². The maximum absolute atomic E-state index is 11.7. The van der Waals surface area contributed by atoms with Crippen molar-refractivity contribution < 1.29 is 12.8 Å². The number of furan rings is 1. The van der Waals surface area contributed by atoms with Gasteiger partial charge in [0, 0.05) is 6.26 Å². The van der Waals surface area contributed by atoms with Crippen LogP contribution >= 0.6 is 0 Å². The summed E-state index contributed by atoms with van der Waals surface area (Å²) in [5.74, 6) is 1.89. The summed E-state index contributed by atoms with van der Waals surface area (Å²) < 4.78 is 28.9. The highest BCUT2D eigenvalue weighted by molar-refractivity contribution is 7.91. The molecule has 0 bridgehead atoms. The lowest BCUT2D eigenvalue weighted by molar-refractivity contribution is 0.545. The van der Waals surface area contributed by atoms with Crippen LogP contribution in [-0.2, 0) is 9.84 Å². The average molecular weight is 276 g/mol. The molecule has 3 aromatic rings. The predicted molar refractivity (Wildman–Crippen MR) is 71.6 cm³/mol. The van der Waals surface area contributed by atoms with E-state index < -0.39 is 9.84 Å². The Hall–Kier alpha value is -2.08. The van der Waals surface area contributed by atoms with Crippen LogP contribution < -0.4 is 0 Å². The number of H-pyrrole nitrogens is 1. The second-order valence-electron chi connectivity index (χ2n) is 4.42. The molecule has 0 spiro atoms. The van der Waals surface area contributed by atoms with Gasteiger partial charge >= 0.3 is 0 Å².